The topological polar surface area (TPSA) is 249 Å². The lowest BCUT2D eigenvalue weighted by atomic mass is 9.94. The van der Waals surface area contributed by atoms with Gasteiger partial charge in [0.2, 0.25) is 12.2 Å². The van der Waals surface area contributed by atoms with Crippen LogP contribution in [0.15, 0.2) is 58.1 Å². The Morgan fingerprint density at radius 1 is 1.20 bits per heavy atom. The van der Waals surface area contributed by atoms with Gasteiger partial charge in [-0.05, 0) is 18.2 Å². The first-order chi connectivity index (χ1) is 19.1. The molecule has 8 N–H and O–H groups in total. The minimum atomic E-state index is -1.80. The molecule has 2 aromatic heterocycles. The molecule has 0 radical (unpaired) electrons. The first kappa shape index (κ1) is 29.1. The average Bonchev–Trinajstić information content (AvgIpc) is 3.24. The molecule has 4 rings (SSSR count). The highest BCUT2D eigenvalue weighted by Crippen LogP contribution is 2.36. The number of rotatable bonds is 10. The molecule has 0 unspecified atom stereocenters. The molecule has 0 saturated carbocycles. The molecule has 2 amide bonds. The molecule has 40 heavy (non-hydrogen) atoms. The third kappa shape index (κ3) is 6.27. The zero-order chi connectivity index (χ0) is 29.0. The Labute approximate surface area is 225 Å². The molecule has 0 bridgehead atoms. The first-order valence-electron chi connectivity index (χ1n) is 12.2. The van der Waals surface area contributed by atoms with Crippen molar-refractivity contribution in [1.29, 1.82) is 0 Å². The molecule has 2 aromatic rings. The maximum atomic E-state index is 12.6. The van der Waals surface area contributed by atoms with Crippen molar-refractivity contribution in [2.75, 3.05) is 13.2 Å². The van der Waals surface area contributed by atoms with E-state index in [-0.39, 0.29) is 6.54 Å². The summed E-state index contributed by atoms with van der Waals surface area (Å²) in [6, 6.07) is 6.32. The Hall–Kier alpha value is -3.93. The number of pyridine rings is 1. The second kappa shape index (κ2) is 12.5. The van der Waals surface area contributed by atoms with Crippen molar-refractivity contribution in [1.82, 2.24) is 19.9 Å². The van der Waals surface area contributed by atoms with Crippen LogP contribution >= 0.6 is 0 Å². The zero-order valence-electron chi connectivity index (χ0n) is 20.9. The highest BCUT2D eigenvalue weighted by molar-refractivity contribution is 5.91. The second-order valence-electron chi connectivity index (χ2n) is 9.13. The molecule has 4 heterocycles. The van der Waals surface area contributed by atoms with Gasteiger partial charge in [-0.25, -0.2) is 4.79 Å². The number of carbonyl (C=O) groups excluding carboxylic acids is 2. The highest BCUT2D eigenvalue weighted by Gasteiger charge is 2.51. The zero-order valence-corrected chi connectivity index (χ0v) is 20.9. The van der Waals surface area contributed by atoms with E-state index in [4.69, 9.17) is 19.9 Å². The van der Waals surface area contributed by atoms with E-state index in [1.165, 1.54) is 0 Å². The quantitative estimate of drug-likeness (QED) is 0.146. The van der Waals surface area contributed by atoms with Gasteiger partial charge >= 0.3 is 5.69 Å². The number of nitrogens with two attached hydrogens (primary N) is 1. The molecule has 8 atom stereocenters. The predicted octanol–water partition coefficient (Wildman–Crippen LogP) is -4.01. The molecule has 0 aromatic carbocycles. The van der Waals surface area contributed by atoms with E-state index in [9.17, 15) is 39.6 Å². The largest absolute Gasteiger partial charge is 0.456 e. The predicted molar refractivity (Wildman–Crippen MR) is 132 cm³/mol. The van der Waals surface area contributed by atoms with E-state index in [0.29, 0.717) is 6.42 Å². The number of hydrogen-bond donors (Lipinski definition) is 7. The molecule has 2 aliphatic heterocycles. The monoisotopic (exact) mass is 563 g/mol. The molecule has 16 nitrogen and oxygen atoms in total. The minimum absolute atomic E-state index is 0.169. The lowest BCUT2D eigenvalue weighted by Crippen LogP contribution is -2.53. The number of hydrogen-bond acceptors (Lipinski definition) is 12. The first-order valence-corrected chi connectivity index (χ1v) is 12.2. The lowest BCUT2D eigenvalue weighted by molar-refractivity contribution is -0.239. The van der Waals surface area contributed by atoms with Crippen LogP contribution in [0.2, 0.25) is 0 Å². The smallest absolute Gasteiger partial charge is 0.330 e. The molecular formula is C24H29N5O11. The van der Waals surface area contributed by atoms with E-state index in [0.717, 1.165) is 28.6 Å². The molecule has 2 aliphatic rings. The van der Waals surface area contributed by atoms with Gasteiger partial charge in [-0.15, -0.1) is 0 Å². The standard InChI is InChI=1S/C24H29N5O11/c25-20(35)19(18-12(10-30)16(33)22(39-18)29-8-5-15(32)28-24(29)37)40-23-17(34)13(31)9-14(38-23)21(36)27-7-4-11-3-1-2-6-26-11/h1-3,5-6,8-9,12-13,16-19,22-23,30-31,33-34H,4,7,10H2,(H2,25,35)(H,27,36)(H,28,32,37)/t12-,13-,16+,17-,18-,19+,22+,23+/m0/s1. The molecule has 1 fully saturated rings. The lowest BCUT2D eigenvalue weighted by Gasteiger charge is -2.35. The normalized spacial score (nSPS) is 28.8. The Morgan fingerprint density at radius 3 is 2.62 bits per heavy atom. The van der Waals surface area contributed by atoms with E-state index in [1.54, 1.807) is 24.4 Å². The number of carbonyl (C=O) groups is 2. The Balaban J connectivity index is 1.48. The summed E-state index contributed by atoms with van der Waals surface area (Å²) in [6.07, 6.45) is -7.48. The Bertz CT molecular complexity index is 1350. The number of aromatic amines is 1. The number of nitrogens with one attached hydrogen (secondary N) is 2. The number of nitrogens with zero attached hydrogens (tertiary/aromatic N) is 2. The highest BCUT2D eigenvalue weighted by atomic mass is 16.7. The molecular weight excluding hydrogens is 534 g/mol. The van der Waals surface area contributed by atoms with Gasteiger partial charge in [0.1, 0.15) is 24.4 Å². The van der Waals surface area contributed by atoms with Crippen molar-refractivity contribution < 1.29 is 44.2 Å². The summed E-state index contributed by atoms with van der Waals surface area (Å²) in [6.45, 7) is -0.573. The Morgan fingerprint density at radius 2 is 1.98 bits per heavy atom. The summed E-state index contributed by atoms with van der Waals surface area (Å²) in [5.41, 5.74) is 4.60. The third-order valence-corrected chi connectivity index (χ3v) is 6.46. The summed E-state index contributed by atoms with van der Waals surface area (Å²) in [4.78, 5) is 54.8. The SMILES string of the molecule is NC(=O)[C@H](O[C@H]1OC(C(=O)NCCc2ccccn2)=C[C@H](O)[C@@H]1O)[C@H]1O[C@@H](n2ccc(=O)[nH]c2=O)[C@H](O)[C@@H]1CO. The van der Waals surface area contributed by atoms with Crippen molar-refractivity contribution in [3.8, 4) is 0 Å². The van der Waals surface area contributed by atoms with Crippen LogP contribution in [0.4, 0.5) is 0 Å². The van der Waals surface area contributed by atoms with E-state index in [2.05, 4.69) is 10.3 Å². The van der Waals surface area contributed by atoms with Crippen LogP contribution in [0.1, 0.15) is 11.9 Å². The number of aliphatic hydroxyl groups excluding tert-OH is 4. The average molecular weight is 564 g/mol. The second-order valence-corrected chi connectivity index (χ2v) is 9.13. The fourth-order valence-electron chi connectivity index (χ4n) is 4.39. The van der Waals surface area contributed by atoms with Gasteiger partial charge in [0.25, 0.3) is 11.5 Å². The summed E-state index contributed by atoms with van der Waals surface area (Å²) in [7, 11) is 0. The van der Waals surface area contributed by atoms with Gasteiger partial charge in [-0.1, -0.05) is 6.07 Å². The fraction of sp³-hybridized carbons (Fsp3) is 0.458. The molecule has 1 saturated heterocycles. The van der Waals surface area contributed by atoms with E-state index < -0.39 is 84.4 Å². The Kier molecular flexibility index (Phi) is 9.08. The number of H-pyrrole nitrogens is 1. The minimum Gasteiger partial charge on any atom is -0.456 e. The van der Waals surface area contributed by atoms with Crippen LogP contribution in [0, 0.1) is 5.92 Å². The number of primary amides is 1. The van der Waals surface area contributed by atoms with Crippen LogP contribution in [0.25, 0.3) is 0 Å². The summed E-state index contributed by atoms with van der Waals surface area (Å²) >= 11 is 0. The molecule has 0 spiro atoms. The van der Waals surface area contributed by atoms with Crippen LogP contribution in [-0.4, -0.2) is 96.7 Å². The van der Waals surface area contributed by atoms with Gasteiger partial charge < -0.3 is 45.7 Å². The van der Waals surface area contributed by atoms with Gasteiger partial charge in [0.05, 0.1) is 6.61 Å². The van der Waals surface area contributed by atoms with E-state index >= 15 is 0 Å². The maximum absolute atomic E-state index is 12.6. The van der Waals surface area contributed by atoms with Crippen LogP contribution in [-0.2, 0) is 30.2 Å². The number of aromatic nitrogens is 3. The van der Waals surface area contributed by atoms with Crippen molar-refractivity contribution in [2.45, 2.75) is 49.5 Å². The number of ether oxygens (including phenoxy) is 3. The van der Waals surface area contributed by atoms with Crippen molar-refractivity contribution in [3.05, 3.63) is 75.0 Å². The molecule has 16 heteroatoms. The number of aliphatic hydroxyl groups is 4. The van der Waals surface area contributed by atoms with Gasteiger partial charge in [0.15, 0.2) is 18.1 Å². The summed E-state index contributed by atoms with van der Waals surface area (Å²) in [5.74, 6) is -3.54. The van der Waals surface area contributed by atoms with Crippen LogP contribution in [0.3, 0.4) is 0 Å². The summed E-state index contributed by atoms with van der Waals surface area (Å²) < 4.78 is 17.5. The van der Waals surface area contributed by atoms with Crippen LogP contribution in [0.5, 0.6) is 0 Å². The van der Waals surface area contributed by atoms with Gasteiger partial charge in [0, 0.05) is 43.0 Å². The van der Waals surface area contributed by atoms with Crippen molar-refractivity contribution in [3.63, 3.8) is 0 Å². The van der Waals surface area contributed by atoms with Crippen LogP contribution < -0.4 is 22.3 Å². The number of amides is 2. The molecule has 216 valence electrons. The maximum Gasteiger partial charge on any atom is 0.330 e. The fourth-order valence-corrected chi connectivity index (χ4v) is 4.39. The van der Waals surface area contributed by atoms with Crippen molar-refractivity contribution in [2.24, 2.45) is 11.7 Å². The van der Waals surface area contributed by atoms with E-state index in [1.807, 2.05) is 4.98 Å². The molecule has 0 aliphatic carbocycles. The van der Waals surface area contributed by atoms with Gasteiger partial charge in [-0.3, -0.25) is 28.9 Å². The third-order valence-electron chi connectivity index (χ3n) is 6.46. The summed E-state index contributed by atoms with van der Waals surface area (Å²) in [5, 5.41) is 44.0. The van der Waals surface area contributed by atoms with Crippen molar-refractivity contribution >= 4 is 11.8 Å². The van der Waals surface area contributed by atoms with Gasteiger partial charge in [-0.2, -0.15) is 0 Å².